The molecule has 0 atom stereocenters. The maximum Gasteiger partial charge on any atom is 0.282 e. The van der Waals surface area contributed by atoms with Crippen molar-refractivity contribution >= 4 is 60.6 Å². The van der Waals surface area contributed by atoms with Gasteiger partial charge in [0.05, 0.1) is 30.8 Å². The Kier molecular flexibility index (Phi) is 7.13. The van der Waals surface area contributed by atoms with E-state index in [9.17, 15) is 4.79 Å². The Bertz CT molecular complexity index is 1230. The van der Waals surface area contributed by atoms with Gasteiger partial charge in [-0.2, -0.15) is 9.78 Å². The van der Waals surface area contributed by atoms with Crippen molar-refractivity contribution < 1.29 is 9.47 Å². The molecule has 2 aromatic carbocycles. The summed E-state index contributed by atoms with van der Waals surface area (Å²) in [6.07, 6.45) is 1.55. The van der Waals surface area contributed by atoms with E-state index in [-0.39, 0.29) is 5.56 Å². The number of rotatable bonds is 5. The fourth-order valence-electron chi connectivity index (χ4n) is 2.99. The Balaban J connectivity index is 2.23. The first kappa shape index (κ1) is 23.8. The van der Waals surface area contributed by atoms with Crippen molar-refractivity contribution in [1.82, 2.24) is 9.66 Å². The van der Waals surface area contributed by atoms with Crippen LogP contribution in [0.15, 0.2) is 43.1 Å². The van der Waals surface area contributed by atoms with E-state index >= 15 is 0 Å². The molecule has 0 aliphatic heterocycles. The molecular weight excluding hydrogens is 550 g/mol. The van der Waals surface area contributed by atoms with Gasteiger partial charge >= 0.3 is 0 Å². The van der Waals surface area contributed by atoms with Gasteiger partial charge in [0.15, 0.2) is 11.5 Å². The second kappa shape index (κ2) is 9.30. The van der Waals surface area contributed by atoms with Crippen LogP contribution in [-0.4, -0.2) is 29.6 Å². The molecule has 0 amide bonds. The standard InChI is InChI=1S/C22H22Br2ClN3O3/c1-6-31-19-16(30-5)9-12(17(24)18(19)25)11-26-28-20(29)14-10-13(23)7-8-15(14)27-21(28)22(2,3)4/h7-11H,6H2,1-5H3. The van der Waals surface area contributed by atoms with Gasteiger partial charge in [0.1, 0.15) is 10.8 Å². The highest BCUT2D eigenvalue weighted by Gasteiger charge is 2.23. The van der Waals surface area contributed by atoms with Gasteiger partial charge < -0.3 is 9.47 Å². The van der Waals surface area contributed by atoms with E-state index < -0.39 is 5.41 Å². The van der Waals surface area contributed by atoms with Crippen LogP contribution in [0.3, 0.4) is 0 Å². The van der Waals surface area contributed by atoms with Crippen LogP contribution in [0, 0.1) is 0 Å². The van der Waals surface area contributed by atoms with Crippen molar-refractivity contribution in [3.05, 3.63) is 60.0 Å². The quantitative estimate of drug-likeness (QED) is 0.344. The highest BCUT2D eigenvalue weighted by Crippen LogP contribution is 2.42. The lowest BCUT2D eigenvalue weighted by atomic mass is 9.95. The normalized spacial score (nSPS) is 12.0. The average molecular weight is 572 g/mol. The smallest absolute Gasteiger partial charge is 0.282 e. The Morgan fingerprint density at radius 3 is 2.58 bits per heavy atom. The monoisotopic (exact) mass is 569 g/mol. The Hall–Kier alpha value is -1.90. The number of hydrogen-bond donors (Lipinski definition) is 0. The van der Waals surface area contributed by atoms with Crippen LogP contribution < -0.4 is 15.0 Å². The van der Waals surface area contributed by atoms with E-state index in [0.717, 1.165) is 4.47 Å². The molecule has 0 aliphatic rings. The highest BCUT2D eigenvalue weighted by atomic mass is 79.9. The molecule has 0 radical (unpaired) electrons. The summed E-state index contributed by atoms with van der Waals surface area (Å²) in [4.78, 5) is 18.0. The molecule has 9 heteroatoms. The molecular formula is C22H22Br2ClN3O3. The number of halogens is 3. The predicted molar refractivity (Wildman–Crippen MR) is 132 cm³/mol. The average Bonchev–Trinajstić information content (AvgIpc) is 2.71. The van der Waals surface area contributed by atoms with Gasteiger partial charge in [-0.3, -0.25) is 4.79 Å². The maximum absolute atomic E-state index is 13.3. The number of fused-ring (bicyclic) bond motifs is 1. The van der Waals surface area contributed by atoms with Gasteiger partial charge in [-0.05, 0) is 47.1 Å². The summed E-state index contributed by atoms with van der Waals surface area (Å²) in [5.41, 5.74) is 0.582. The molecule has 0 unspecified atom stereocenters. The van der Waals surface area contributed by atoms with Crippen LogP contribution in [-0.2, 0) is 5.41 Å². The molecule has 0 spiro atoms. The molecule has 31 heavy (non-hydrogen) atoms. The van der Waals surface area contributed by atoms with Crippen LogP contribution in [0.25, 0.3) is 10.9 Å². The van der Waals surface area contributed by atoms with Crippen molar-refractivity contribution in [3.63, 3.8) is 0 Å². The number of benzene rings is 2. The van der Waals surface area contributed by atoms with Crippen molar-refractivity contribution in [1.29, 1.82) is 0 Å². The Morgan fingerprint density at radius 1 is 1.26 bits per heavy atom. The first-order valence-electron chi connectivity index (χ1n) is 9.54. The van der Waals surface area contributed by atoms with Crippen LogP contribution in [0.5, 0.6) is 11.5 Å². The molecule has 3 aromatic rings. The third-order valence-corrected chi connectivity index (χ3v) is 6.39. The first-order chi connectivity index (χ1) is 14.6. The topological polar surface area (TPSA) is 65.7 Å². The third-order valence-electron chi connectivity index (χ3n) is 4.46. The molecule has 3 rings (SSSR count). The van der Waals surface area contributed by atoms with E-state index in [1.807, 2.05) is 39.8 Å². The lowest BCUT2D eigenvalue weighted by molar-refractivity contribution is 0.311. The van der Waals surface area contributed by atoms with Crippen molar-refractivity contribution in [2.24, 2.45) is 5.10 Å². The van der Waals surface area contributed by atoms with E-state index in [1.165, 1.54) is 11.8 Å². The van der Waals surface area contributed by atoms with E-state index in [1.54, 1.807) is 18.3 Å². The summed E-state index contributed by atoms with van der Waals surface area (Å²) in [6, 6.07) is 7.17. The minimum absolute atomic E-state index is 0.257. The van der Waals surface area contributed by atoms with Crippen LogP contribution >= 0.6 is 43.5 Å². The minimum Gasteiger partial charge on any atom is -0.493 e. The molecule has 164 valence electrons. The number of methoxy groups -OCH3 is 1. The molecule has 0 N–H and O–H groups in total. The lowest BCUT2D eigenvalue weighted by Crippen LogP contribution is -2.29. The summed E-state index contributed by atoms with van der Waals surface area (Å²) < 4.78 is 13.7. The molecule has 0 saturated heterocycles. The fourth-order valence-corrected chi connectivity index (χ4v) is 4.01. The zero-order valence-corrected chi connectivity index (χ0v) is 21.7. The second-order valence-corrected chi connectivity index (χ2v) is 9.85. The van der Waals surface area contributed by atoms with E-state index in [0.29, 0.717) is 49.9 Å². The number of ether oxygens (including phenoxy) is 2. The van der Waals surface area contributed by atoms with E-state index in [4.69, 9.17) is 26.1 Å². The molecule has 0 saturated carbocycles. The zero-order chi connectivity index (χ0) is 22.9. The second-order valence-electron chi connectivity index (χ2n) is 7.77. The van der Waals surface area contributed by atoms with Crippen LogP contribution in [0.1, 0.15) is 39.1 Å². The number of nitrogens with zero attached hydrogens (tertiary/aromatic N) is 3. The van der Waals surface area contributed by atoms with Crippen LogP contribution in [0.2, 0.25) is 5.02 Å². The molecule has 1 heterocycles. The maximum atomic E-state index is 13.3. The molecule has 6 nitrogen and oxygen atoms in total. The Labute approximate surface area is 202 Å². The SMILES string of the molecule is CCOc1c(OC)cc(C=Nn2c(C(C)(C)C)nc3ccc(Br)cc3c2=O)c(Br)c1Cl. The van der Waals surface area contributed by atoms with Gasteiger partial charge in [0.2, 0.25) is 0 Å². The summed E-state index contributed by atoms with van der Waals surface area (Å²) in [5, 5.41) is 5.33. The van der Waals surface area contributed by atoms with Crippen molar-refractivity contribution in [2.45, 2.75) is 33.1 Å². The van der Waals surface area contributed by atoms with Crippen molar-refractivity contribution in [3.8, 4) is 11.5 Å². The lowest BCUT2D eigenvalue weighted by Gasteiger charge is -2.21. The summed E-state index contributed by atoms with van der Waals surface area (Å²) in [5.74, 6) is 1.46. The number of hydrogen-bond acceptors (Lipinski definition) is 5. The van der Waals surface area contributed by atoms with Crippen molar-refractivity contribution in [2.75, 3.05) is 13.7 Å². The predicted octanol–water partition coefficient (Wildman–Crippen LogP) is 6.16. The highest BCUT2D eigenvalue weighted by molar-refractivity contribution is 9.10. The van der Waals surface area contributed by atoms with Gasteiger partial charge in [-0.15, -0.1) is 0 Å². The summed E-state index contributed by atoms with van der Waals surface area (Å²) >= 11 is 13.4. The molecule has 0 aliphatic carbocycles. The number of aromatic nitrogens is 2. The minimum atomic E-state index is -0.414. The summed E-state index contributed by atoms with van der Waals surface area (Å²) in [7, 11) is 1.54. The van der Waals surface area contributed by atoms with Gasteiger partial charge in [0, 0.05) is 19.9 Å². The van der Waals surface area contributed by atoms with Gasteiger partial charge in [-0.1, -0.05) is 48.3 Å². The van der Waals surface area contributed by atoms with Crippen LogP contribution in [0.4, 0.5) is 0 Å². The third kappa shape index (κ3) is 4.81. The Morgan fingerprint density at radius 2 is 1.97 bits per heavy atom. The van der Waals surface area contributed by atoms with E-state index in [2.05, 4.69) is 37.0 Å². The first-order valence-corrected chi connectivity index (χ1v) is 11.5. The largest absolute Gasteiger partial charge is 0.493 e. The molecule has 0 fully saturated rings. The van der Waals surface area contributed by atoms with Gasteiger partial charge in [0.25, 0.3) is 5.56 Å². The molecule has 1 aromatic heterocycles. The fraction of sp³-hybridized carbons (Fsp3) is 0.318. The molecule has 0 bridgehead atoms. The van der Waals surface area contributed by atoms with Gasteiger partial charge in [-0.25, -0.2) is 4.98 Å². The zero-order valence-electron chi connectivity index (χ0n) is 17.8. The summed E-state index contributed by atoms with van der Waals surface area (Å²) in [6.45, 7) is 8.26.